The Labute approximate surface area is 162 Å². The molecule has 142 valence electrons. The fraction of sp³-hybridized carbons (Fsp3) is 0.300. The molecule has 2 N–H and O–H groups in total. The summed E-state index contributed by atoms with van der Waals surface area (Å²) in [5.74, 6) is -0.0520. The van der Waals surface area contributed by atoms with Crippen LogP contribution in [0.4, 0.5) is 11.4 Å². The van der Waals surface area contributed by atoms with Crippen LogP contribution in [0.2, 0.25) is 5.02 Å². The number of carbonyl (C=O) groups is 2. The second-order valence-electron chi connectivity index (χ2n) is 6.27. The third-order valence-electron chi connectivity index (χ3n) is 4.12. The quantitative estimate of drug-likeness (QED) is 0.780. The minimum atomic E-state index is -0.311. The van der Waals surface area contributed by atoms with Gasteiger partial charge in [-0.25, -0.2) is 0 Å². The van der Waals surface area contributed by atoms with Crippen LogP contribution in [0.5, 0.6) is 5.75 Å². The van der Waals surface area contributed by atoms with Gasteiger partial charge in [0, 0.05) is 19.2 Å². The molecule has 7 heteroatoms. The third-order valence-corrected chi connectivity index (χ3v) is 4.44. The van der Waals surface area contributed by atoms with Crippen LogP contribution in [0, 0.1) is 0 Å². The minimum absolute atomic E-state index is 0.0672. The van der Waals surface area contributed by atoms with E-state index < -0.39 is 0 Å². The Morgan fingerprint density at radius 1 is 1.22 bits per heavy atom. The molecule has 0 aromatic heterocycles. The molecular weight excluding hydrogens is 368 g/mol. The van der Waals surface area contributed by atoms with Gasteiger partial charge < -0.3 is 20.1 Å². The first-order chi connectivity index (χ1) is 13.0. The Kier molecular flexibility index (Phi) is 6.32. The minimum Gasteiger partial charge on any atom is -0.490 e. The molecule has 0 aliphatic carbocycles. The van der Waals surface area contributed by atoms with E-state index in [2.05, 4.69) is 10.6 Å². The molecule has 0 radical (unpaired) electrons. The van der Waals surface area contributed by atoms with Gasteiger partial charge in [-0.15, -0.1) is 0 Å². The Balaban J connectivity index is 1.71. The number of hydrogen-bond donors (Lipinski definition) is 2. The SMILES string of the molecule is CC(=O)Nc1cc(NC(=O)c2ccccc2OCC2CCCO2)ccc1Cl. The molecule has 1 aliphatic heterocycles. The van der Waals surface area contributed by atoms with Crippen LogP contribution in [0.3, 0.4) is 0 Å². The lowest BCUT2D eigenvalue weighted by Crippen LogP contribution is -2.19. The van der Waals surface area contributed by atoms with E-state index in [1.165, 1.54) is 6.92 Å². The van der Waals surface area contributed by atoms with Crippen molar-refractivity contribution in [2.24, 2.45) is 0 Å². The molecule has 0 bridgehead atoms. The van der Waals surface area contributed by atoms with E-state index in [4.69, 9.17) is 21.1 Å². The highest BCUT2D eigenvalue weighted by Crippen LogP contribution is 2.27. The molecule has 1 unspecified atom stereocenters. The van der Waals surface area contributed by atoms with Crippen molar-refractivity contribution in [3.63, 3.8) is 0 Å². The Bertz CT molecular complexity index is 834. The molecule has 0 saturated carbocycles. The summed E-state index contributed by atoms with van der Waals surface area (Å²) in [5.41, 5.74) is 1.37. The summed E-state index contributed by atoms with van der Waals surface area (Å²) in [7, 11) is 0. The normalized spacial score (nSPS) is 16.0. The van der Waals surface area contributed by atoms with E-state index in [-0.39, 0.29) is 17.9 Å². The lowest BCUT2D eigenvalue weighted by Gasteiger charge is -2.15. The van der Waals surface area contributed by atoms with Crippen LogP contribution < -0.4 is 15.4 Å². The van der Waals surface area contributed by atoms with Gasteiger partial charge in [0.2, 0.25) is 5.91 Å². The molecule has 6 nitrogen and oxygen atoms in total. The van der Waals surface area contributed by atoms with Gasteiger partial charge >= 0.3 is 0 Å². The van der Waals surface area contributed by atoms with Crippen molar-refractivity contribution in [3.05, 3.63) is 53.1 Å². The fourth-order valence-corrected chi connectivity index (χ4v) is 2.99. The number of para-hydroxylation sites is 1. The number of hydrogen-bond acceptors (Lipinski definition) is 4. The van der Waals surface area contributed by atoms with E-state index in [1.807, 2.05) is 6.07 Å². The highest BCUT2D eigenvalue weighted by molar-refractivity contribution is 6.33. The topological polar surface area (TPSA) is 76.7 Å². The van der Waals surface area contributed by atoms with Crippen molar-refractivity contribution in [1.82, 2.24) is 0 Å². The van der Waals surface area contributed by atoms with Gasteiger partial charge in [0.1, 0.15) is 12.4 Å². The average molecular weight is 389 g/mol. The molecular formula is C20H21ClN2O4. The van der Waals surface area contributed by atoms with E-state index in [1.54, 1.807) is 36.4 Å². The number of carbonyl (C=O) groups excluding carboxylic acids is 2. The van der Waals surface area contributed by atoms with Crippen molar-refractivity contribution in [3.8, 4) is 5.75 Å². The number of halogens is 1. The van der Waals surface area contributed by atoms with Crippen molar-refractivity contribution >= 4 is 34.8 Å². The molecule has 2 aromatic carbocycles. The van der Waals surface area contributed by atoms with Crippen LogP contribution in [0.25, 0.3) is 0 Å². The second-order valence-corrected chi connectivity index (χ2v) is 6.68. The Morgan fingerprint density at radius 2 is 2.04 bits per heavy atom. The lowest BCUT2D eigenvalue weighted by atomic mass is 10.1. The molecule has 1 saturated heterocycles. The zero-order chi connectivity index (χ0) is 19.2. The summed E-state index contributed by atoms with van der Waals surface area (Å²) < 4.78 is 11.4. The molecule has 1 aliphatic rings. The van der Waals surface area contributed by atoms with Crippen LogP contribution in [-0.4, -0.2) is 31.1 Å². The summed E-state index contributed by atoms with van der Waals surface area (Å²) in [4.78, 5) is 24.0. The molecule has 27 heavy (non-hydrogen) atoms. The maximum Gasteiger partial charge on any atom is 0.259 e. The van der Waals surface area contributed by atoms with E-state index in [0.29, 0.717) is 34.3 Å². The first-order valence-electron chi connectivity index (χ1n) is 8.75. The third kappa shape index (κ3) is 5.21. The Hall–Kier alpha value is -2.57. The Morgan fingerprint density at radius 3 is 2.78 bits per heavy atom. The zero-order valence-electron chi connectivity index (χ0n) is 15.0. The highest BCUT2D eigenvalue weighted by atomic mass is 35.5. The van der Waals surface area contributed by atoms with Crippen molar-refractivity contribution in [2.45, 2.75) is 25.9 Å². The second kappa shape index (κ2) is 8.88. The van der Waals surface area contributed by atoms with Gasteiger partial charge in [-0.1, -0.05) is 23.7 Å². The highest BCUT2D eigenvalue weighted by Gasteiger charge is 2.18. The summed E-state index contributed by atoms with van der Waals surface area (Å²) in [6, 6.07) is 11.9. The first kappa shape index (κ1) is 19.2. The van der Waals surface area contributed by atoms with E-state index in [9.17, 15) is 9.59 Å². The van der Waals surface area contributed by atoms with Gasteiger partial charge in [0.05, 0.1) is 22.4 Å². The molecule has 2 aromatic rings. The predicted molar refractivity (Wildman–Crippen MR) is 105 cm³/mol. The van der Waals surface area contributed by atoms with Gasteiger partial charge in [0.25, 0.3) is 5.91 Å². The molecule has 2 amide bonds. The smallest absolute Gasteiger partial charge is 0.259 e. The van der Waals surface area contributed by atoms with E-state index >= 15 is 0 Å². The number of nitrogens with one attached hydrogen (secondary N) is 2. The number of ether oxygens (including phenoxy) is 2. The largest absolute Gasteiger partial charge is 0.490 e. The maximum atomic E-state index is 12.7. The summed E-state index contributed by atoms with van der Waals surface area (Å²) in [6.07, 6.45) is 2.06. The van der Waals surface area contributed by atoms with Crippen LogP contribution in [0.1, 0.15) is 30.1 Å². The lowest BCUT2D eigenvalue weighted by molar-refractivity contribution is -0.114. The number of benzene rings is 2. The van der Waals surface area contributed by atoms with Gasteiger partial charge in [0.15, 0.2) is 0 Å². The molecule has 1 heterocycles. The molecule has 1 fully saturated rings. The summed E-state index contributed by atoms with van der Waals surface area (Å²) in [5, 5.41) is 5.83. The molecule has 0 spiro atoms. The molecule has 1 atom stereocenters. The average Bonchev–Trinajstić information content (AvgIpc) is 3.16. The van der Waals surface area contributed by atoms with Crippen molar-refractivity contribution in [2.75, 3.05) is 23.8 Å². The number of rotatable bonds is 6. The van der Waals surface area contributed by atoms with Gasteiger partial charge in [-0.05, 0) is 43.2 Å². The number of anilines is 2. The summed E-state index contributed by atoms with van der Waals surface area (Å²) >= 11 is 6.06. The van der Waals surface area contributed by atoms with Gasteiger partial charge in [-0.3, -0.25) is 9.59 Å². The molecule has 3 rings (SSSR count). The predicted octanol–water partition coefficient (Wildman–Crippen LogP) is 4.11. The van der Waals surface area contributed by atoms with Crippen LogP contribution in [-0.2, 0) is 9.53 Å². The zero-order valence-corrected chi connectivity index (χ0v) is 15.7. The standard InChI is InChI=1S/C20H21ClN2O4/c1-13(24)22-18-11-14(8-9-17(18)21)23-20(25)16-6-2-3-7-19(16)27-12-15-5-4-10-26-15/h2-3,6-9,11,15H,4-5,10,12H2,1H3,(H,22,24)(H,23,25). The van der Waals surface area contributed by atoms with Crippen LogP contribution >= 0.6 is 11.6 Å². The van der Waals surface area contributed by atoms with Gasteiger partial charge in [-0.2, -0.15) is 0 Å². The monoisotopic (exact) mass is 388 g/mol. The maximum absolute atomic E-state index is 12.7. The van der Waals surface area contributed by atoms with E-state index in [0.717, 1.165) is 19.4 Å². The van der Waals surface area contributed by atoms with Crippen LogP contribution in [0.15, 0.2) is 42.5 Å². The first-order valence-corrected chi connectivity index (χ1v) is 9.12. The number of amides is 2. The summed E-state index contributed by atoms with van der Waals surface area (Å²) in [6.45, 7) is 2.56. The van der Waals surface area contributed by atoms with Crippen molar-refractivity contribution < 1.29 is 19.1 Å². The van der Waals surface area contributed by atoms with Crippen molar-refractivity contribution in [1.29, 1.82) is 0 Å². The fourth-order valence-electron chi connectivity index (χ4n) is 2.83.